The molecule has 1 aromatic rings. The SMILES string of the molecule is CC(C)NC(=O)CNC(=O)CCC(=O)c1ccc(F)cc1. The van der Waals surface area contributed by atoms with Crippen LogP contribution in [-0.4, -0.2) is 30.2 Å². The number of benzene rings is 1. The molecule has 0 heterocycles. The van der Waals surface area contributed by atoms with Gasteiger partial charge in [-0.25, -0.2) is 4.39 Å². The molecular formula is C15H19FN2O3. The van der Waals surface area contributed by atoms with Crippen molar-refractivity contribution in [2.75, 3.05) is 6.54 Å². The molecule has 0 unspecified atom stereocenters. The molecule has 0 spiro atoms. The first-order chi connectivity index (χ1) is 9.88. The predicted octanol–water partition coefficient (Wildman–Crippen LogP) is 1.43. The first-order valence-electron chi connectivity index (χ1n) is 6.73. The molecule has 0 aromatic heterocycles. The van der Waals surface area contributed by atoms with Crippen LogP contribution < -0.4 is 10.6 Å². The van der Waals surface area contributed by atoms with E-state index in [1.165, 1.54) is 24.3 Å². The highest BCUT2D eigenvalue weighted by Crippen LogP contribution is 2.07. The molecule has 0 atom stereocenters. The maximum atomic E-state index is 12.7. The number of ketones is 1. The molecule has 6 heteroatoms. The molecule has 0 aliphatic rings. The molecule has 0 fully saturated rings. The van der Waals surface area contributed by atoms with Crippen LogP contribution in [0, 0.1) is 5.82 Å². The lowest BCUT2D eigenvalue weighted by Crippen LogP contribution is -2.39. The normalized spacial score (nSPS) is 10.3. The van der Waals surface area contributed by atoms with E-state index in [-0.39, 0.29) is 43.0 Å². The first kappa shape index (κ1) is 16.8. The Morgan fingerprint density at radius 2 is 1.67 bits per heavy atom. The monoisotopic (exact) mass is 294 g/mol. The number of halogens is 1. The summed E-state index contributed by atoms with van der Waals surface area (Å²) in [6, 6.07) is 5.17. The van der Waals surface area contributed by atoms with Crippen molar-refractivity contribution in [1.82, 2.24) is 10.6 Å². The van der Waals surface area contributed by atoms with E-state index in [0.717, 1.165) is 0 Å². The standard InChI is InChI=1S/C15H19FN2O3/c1-10(2)18-15(21)9-17-14(20)8-7-13(19)11-3-5-12(16)6-4-11/h3-6,10H,7-9H2,1-2H3,(H,17,20)(H,18,21). The lowest BCUT2D eigenvalue weighted by atomic mass is 10.1. The predicted molar refractivity (Wildman–Crippen MR) is 76.3 cm³/mol. The number of carbonyl (C=O) groups excluding carboxylic acids is 3. The molecule has 5 nitrogen and oxygen atoms in total. The van der Waals surface area contributed by atoms with E-state index in [4.69, 9.17) is 0 Å². The highest BCUT2D eigenvalue weighted by Gasteiger charge is 2.10. The van der Waals surface area contributed by atoms with Crippen LogP contribution in [0.25, 0.3) is 0 Å². The van der Waals surface area contributed by atoms with E-state index >= 15 is 0 Å². The fraction of sp³-hybridized carbons (Fsp3) is 0.400. The summed E-state index contributed by atoms with van der Waals surface area (Å²) in [6.45, 7) is 3.53. The molecule has 0 aliphatic heterocycles. The van der Waals surface area contributed by atoms with Gasteiger partial charge in [0.25, 0.3) is 0 Å². The van der Waals surface area contributed by atoms with E-state index in [9.17, 15) is 18.8 Å². The lowest BCUT2D eigenvalue weighted by molar-refractivity contribution is -0.126. The quantitative estimate of drug-likeness (QED) is 0.747. The molecule has 0 aliphatic carbocycles. The molecular weight excluding hydrogens is 275 g/mol. The lowest BCUT2D eigenvalue weighted by Gasteiger charge is -2.09. The number of nitrogens with one attached hydrogen (secondary N) is 2. The minimum Gasteiger partial charge on any atom is -0.352 e. The van der Waals surface area contributed by atoms with Gasteiger partial charge in [0, 0.05) is 24.4 Å². The van der Waals surface area contributed by atoms with Gasteiger partial charge in [-0.1, -0.05) is 0 Å². The Labute approximate surface area is 122 Å². The van der Waals surface area contributed by atoms with Gasteiger partial charge in [0.1, 0.15) is 5.82 Å². The number of hydrogen-bond acceptors (Lipinski definition) is 3. The van der Waals surface area contributed by atoms with E-state index in [2.05, 4.69) is 10.6 Å². The van der Waals surface area contributed by atoms with Gasteiger partial charge in [0.05, 0.1) is 6.54 Å². The Morgan fingerprint density at radius 1 is 1.05 bits per heavy atom. The summed E-state index contributed by atoms with van der Waals surface area (Å²) < 4.78 is 12.7. The maximum absolute atomic E-state index is 12.7. The van der Waals surface area contributed by atoms with Crippen molar-refractivity contribution in [2.24, 2.45) is 0 Å². The third-order valence-electron chi connectivity index (χ3n) is 2.64. The van der Waals surface area contributed by atoms with Gasteiger partial charge in [-0.05, 0) is 38.1 Å². The maximum Gasteiger partial charge on any atom is 0.239 e. The van der Waals surface area contributed by atoms with Crippen LogP contribution in [0.15, 0.2) is 24.3 Å². The number of Topliss-reactive ketones (excluding diaryl/α,β-unsaturated/α-hetero) is 1. The molecule has 0 saturated carbocycles. The summed E-state index contributed by atoms with van der Waals surface area (Å²) in [6.07, 6.45) is 0.00837. The largest absolute Gasteiger partial charge is 0.352 e. The highest BCUT2D eigenvalue weighted by atomic mass is 19.1. The van der Waals surface area contributed by atoms with Gasteiger partial charge in [0.2, 0.25) is 11.8 Å². The van der Waals surface area contributed by atoms with Crippen LogP contribution in [0.1, 0.15) is 37.0 Å². The van der Waals surface area contributed by atoms with E-state index in [1.54, 1.807) is 0 Å². The second-order valence-corrected chi connectivity index (χ2v) is 4.93. The summed E-state index contributed by atoms with van der Waals surface area (Å²) in [5, 5.41) is 5.08. The van der Waals surface area contributed by atoms with Gasteiger partial charge in [-0.2, -0.15) is 0 Å². The summed E-state index contributed by atoms with van der Waals surface area (Å²) in [7, 11) is 0. The molecule has 0 saturated heterocycles. The van der Waals surface area contributed by atoms with Crippen LogP contribution in [0.2, 0.25) is 0 Å². The summed E-state index contributed by atoms with van der Waals surface area (Å²) in [5.41, 5.74) is 0.363. The van der Waals surface area contributed by atoms with Crippen molar-refractivity contribution >= 4 is 17.6 Å². The zero-order chi connectivity index (χ0) is 15.8. The number of rotatable bonds is 7. The molecule has 0 radical (unpaired) electrons. The first-order valence-corrected chi connectivity index (χ1v) is 6.73. The number of hydrogen-bond donors (Lipinski definition) is 2. The Bertz CT molecular complexity index is 512. The van der Waals surface area contributed by atoms with Crippen molar-refractivity contribution in [2.45, 2.75) is 32.7 Å². The van der Waals surface area contributed by atoms with E-state index in [0.29, 0.717) is 5.56 Å². The fourth-order valence-corrected chi connectivity index (χ4v) is 1.65. The van der Waals surface area contributed by atoms with Crippen LogP contribution in [0.4, 0.5) is 4.39 Å². The zero-order valence-corrected chi connectivity index (χ0v) is 12.1. The summed E-state index contributed by atoms with van der Waals surface area (Å²) in [5.74, 6) is -1.30. The van der Waals surface area contributed by atoms with Crippen molar-refractivity contribution in [3.8, 4) is 0 Å². The number of carbonyl (C=O) groups is 3. The Balaban J connectivity index is 2.31. The Morgan fingerprint density at radius 3 is 2.24 bits per heavy atom. The van der Waals surface area contributed by atoms with Crippen LogP contribution in [0.5, 0.6) is 0 Å². The smallest absolute Gasteiger partial charge is 0.239 e. The average Bonchev–Trinajstić information content (AvgIpc) is 2.42. The van der Waals surface area contributed by atoms with Crippen LogP contribution in [-0.2, 0) is 9.59 Å². The molecule has 2 amide bonds. The molecule has 0 bridgehead atoms. The second-order valence-electron chi connectivity index (χ2n) is 4.93. The second kappa shape index (κ2) is 8.14. The molecule has 1 aromatic carbocycles. The third-order valence-corrected chi connectivity index (χ3v) is 2.64. The molecule has 21 heavy (non-hydrogen) atoms. The highest BCUT2D eigenvalue weighted by molar-refractivity contribution is 5.98. The van der Waals surface area contributed by atoms with Gasteiger partial charge < -0.3 is 10.6 Å². The van der Waals surface area contributed by atoms with Crippen molar-refractivity contribution < 1.29 is 18.8 Å². The summed E-state index contributed by atoms with van der Waals surface area (Å²) in [4.78, 5) is 34.6. The molecule has 114 valence electrons. The minimum absolute atomic E-state index is 0.00876. The Hall–Kier alpha value is -2.24. The molecule has 1 rings (SSSR count). The van der Waals surface area contributed by atoms with E-state index < -0.39 is 5.82 Å². The third kappa shape index (κ3) is 6.65. The van der Waals surface area contributed by atoms with Crippen LogP contribution in [0.3, 0.4) is 0 Å². The van der Waals surface area contributed by atoms with Gasteiger partial charge in [0.15, 0.2) is 5.78 Å². The van der Waals surface area contributed by atoms with Gasteiger partial charge in [-0.3, -0.25) is 14.4 Å². The Kier molecular flexibility index (Phi) is 6.52. The van der Waals surface area contributed by atoms with Gasteiger partial charge >= 0.3 is 0 Å². The fourth-order valence-electron chi connectivity index (χ4n) is 1.65. The number of amides is 2. The topological polar surface area (TPSA) is 75.3 Å². The van der Waals surface area contributed by atoms with Crippen molar-refractivity contribution in [1.29, 1.82) is 0 Å². The van der Waals surface area contributed by atoms with Crippen molar-refractivity contribution in [3.05, 3.63) is 35.6 Å². The zero-order valence-electron chi connectivity index (χ0n) is 12.1. The van der Waals surface area contributed by atoms with E-state index in [1.807, 2.05) is 13.8 Å². The summed E-state index contributed by atoms with van der Waals surface area (Å²) >= 11 is 0. The van der Waals surface area contributed by atoms with Gasteiger partial charge in [-0.15, -0.1) is 0 Å². The average molecular weight is 294 g/mol. The van der Waals surface area contributed by atoms with Crippen molar-refractivity contribution in [3.63, 3.8) is 0 Å². The van der Waals surface area contributed by atoms with Crippen LogP contribution >= 0.6 is 0 Å². The minimum atomic E-state index is -0.416. The molecule has 2 N–H and O–H groups in total.